The third kappa shape index (κ3) is 3.21. The molecule has 88 valence electrons. The van der Waals surface area contributed by atoms with Crippen LogP contribution in [0.25, 0.3) is 0 Å². The second-order valence-corrected chi connectivity index (χ2v) is 6.05. The van der Waals surface area contributed by atoms with Crippen molar-refractivity contribution in [1.82, 2.24) is 0 Å². The fourth-order valence-electron chi connectivity index (χ4n) is 1.14. The van der Waals surface area contributed by atoms with E-state index >= 15 is 0 Å². The average molecular weight is 263 g/mol. The van der Waals surface area contributed by atoms with Gasteiger partial charge in [-0.1, -0.05) is 24.6 Å². The predicted octanol–water partition coefficient (Wildman–Crippen LogP) is 1.97. The monoisotopic (exact) mass is 262 g/mol. The Morgan fingerprint density at radius 1 is 1.44 bits per heavy atom. The minimum Gasteiger partial charge on any atom is -0.478 e. The van der Waals surface area contributed by atoms with Gasteiger partial charge in [0, 0.05) is 10.8 Å². The molecule has 0 heterocycles. The lowest BCUT2D eigenvalue weighted by Gasteiger charge is -2.05. The van der Waals surface area contributed by atoms with Gasteiger partial charge in [0.2, 0.25) is 0 Å². The number of carboxylic acid groups (broad SMARTS) is 1. The number of hydrogen-bond acceptors (Lipinski definition) is 3. The largest absolute Gasteiger partial charge is 0.478 e. The average Bonchev–Trinajstić information content (AvgIpc) is 2.20. The van der Waals surface area contributed by atoms with Crippen LogP contribution in [0.2, 0.25) is 5.02 Å². The highest BCUT2D eigenvalue weighted by Crippen LogP contribution is 2.20. The molecule has 0 atom stereocenters. The lowest BCUT2D eigenvalue weighted by atomic mass is 10.1. The van der Waals surface area contributed by atoms with Crippen molar-refractivity contribution in [1.29, 1.82) is 0 Å². The summed E-state index contributed by atoms with van der Waals surface area (Å²) in [6.45, 7) is 1.55. The molecule has 0 fully saturated rings. The molecule has 0 aliphatic heterocycles. The van der Waals surface area contributed by atoms with E-state index in [0.29, 0.717) is 5.56 Å². The van der Waals surface area contributed by atoms with E-state index < -0.39 is 15.8 Å². The molecule has 0 aliphatic carbocycles. The van der Waals surface area contributed by atoms with Crippen LogP contribution < -0.4 is 0 Å². The molecule has 0 bridgehead atoms. The van der Waals surface area contributed by atoms with E-state index in [4.69, 9.17) is 16.7 Å². The SMILES string of the molecule is CCS(=O)(=O)Cc1ccc(C(=O)O)cc1Cl. The quantitative estimate of drug-likeness (QED) is 0.901. The molecule has 1 rings (SSSR count). The number of carbonyl (C=O) groups is 1. The van der Waals surface area contributed by atoms with Gasteiger partial charge in [-0.2, -0.15) is 0 Å². The Morgan fingerprint density at radius 2 is 2.06 bits per heavy atom. The summed E-state index contributed by atoms with van der Waals surface area (Å²) in [5.41, 5.74) is 0.469. The van der Waals surface area contributed by atoms with Crippen molar-refractivity contribution in [2.45, 2.75) is 12.7 Å². The highest BCUT2D eigenvalue weighted by Gasteiger charge is 2.13. The maximum atomic E-state index is 11.4. The second-order valence-electron chi connectivity index (χ2n) is 3.29. The Hall–Kier alpha value is -1.07. The molecule has 1 aromatic rings. The third-order valence-electron chi connectivity index (χ3n) is 2.12. The van der Waals surface area contributed by atoms with Gasteiger partial charge in [-0.15, -0.1) is 0 Å². The van der Waals surface area contributed by atoms with E-state index in [0.717, 1.165) is 0 Å². The standard InChI is InChI=1S/C10H11ClO4S/c1-2-16(14,15)6-8-4-3-7(10(12)13)5-9(8)11/h3-5H,2,6H2,1H3,(H,12,13). The number of benzene rings is 1. The third-order valence-corrected chi connectivity index (χ3v) is 4.10. The van der Waals surface area contributed by atoms with Crippen LogP contribution in [0, 0.1) is 0 Å². The highest BCUT2D eigenvalue weighted by atomic mass is 35.5. The molecule has 0 saturated heterocycles. The van der Waals surface area contributed by atoms with Gasteiger partial charge in [-0.25, -0.2) is 13.2 Å². The van der Waals surface area contributed by atoms with E-state index in [9.17, 15) is 13.2 Å². The van der Waals surface area contributed by atoms with E-state index in [1.807, 2.05) is 0 Å². The first-order chi connectivity index (χ1) is 7.35. The fraction of sp³-hybridized carbons (Fsp3) is 0.300. The van der Waals surface area contributed by atoms with Crippen LogP contribution in [-0.4, -0.2) is 25.2 Å². The number of aromatic carboxylic acids is 1. The summed E-state index contributed by atoms with van der Waals surface area (Å²) in [4.78, 5) is 10.6. The zero-order valence-electron chi connectivity index (χ0n) is 8.60. The molecule has 6 heteroatoms. The van der Waals surface area contributed by atoms with Crippen molar-refractivity contribution >= 4 is 27.4 Å². The number of halogens is 1. The van der Waals surface area contributed by atoms with Crippen molar-refractivity contribution in [3.05, 3.63) is 34.3 Å². The molecular weight excluding hydrogens is 252 g/mol. The molecule has 1 aromatic carbocycles. The maximum Gasteiger partial charge on any atom is 0.335 e. The second kappa shape index (κ2) is 4.84. The first-order valence-corrected chi connectivity index (χ1v) is 6.78. The van der Waals surface area contributed by atoms with Crippen molar-refractivity contribution in [3.8, 4) is 0 Å². The summed E-state index contributed by atoms with van der Waals surface area (Å²) in [5, 5.41) is 8.87. The maximum absolute atomic E-state index is 11.4. The summed E-state index contributed by atoms with van der Waals surface area (Å²) in [5.74, 6) is -1.22. The Bertz CT molecular complexity index is 508. The molecule has 0 saturated carbocycles. The first kappa shape index (κ1) is 13.0. The van der Waals surface area contributed by atoms with Crippen LogP contribution in [0.1, 0.15) is 22.8 Å². The van der Waals surface area contributed by atoms with Crippen LogP contribution in [-0.2, 0) is 15.6 Å². The van der Waals surface area contributed by atoms with Crippen LogP contribution in [0.3, 0.4) is 0 Å². The topological polar surface area (TPSA) is 71.4 Å². The van der Waals surface area contributed by atoms with Gasteiger partial charge >= 0.3 is 5.97 Å². The summed E-state index contributed by atoms with van der Waals surface area (Å²) >= 11 is 5.81. The van der Waals surface area contributed by atoms with Gasteiger partial charge in [0.1, 0.15) is 0 Å². The Morgan fingerprint density at radius 3 is 2.50 bits per heavy atom. The molecule has 0 amide bonds. The Labute approximate surface area is 98.8 Å². The Kier molecular flexibility index (Phi) is 3.93. The molecule has 0 radical (unpaired) electrons. The zero-order valence-corrected chi connectivity index (χ0v) is 10.2. The highest BCUT2D eigenvalue weighted by molar-refractivity contribution is 7.90. The summed E-state index contributed by atoms with van der Waals surface area (Å²) in [6.07, 6.45) is 0. The van der Waals surface area contributed by atoms with Crippen molar-refractivity contribution in [2.24, 2.45) is 0 Å². The van der Waals surface area contributed by atoms with Gasteiger partial charge < -0.3 is 5.11 Å². The van der Waals surface area contributed by atoms with Crippen LogP contribution in [0.4, 0.5) is 0 Å². The van der Waals surface area contributed by atoms with Crippen molar-refractivity contribution in [3.63, 3.8) is 0 Å². The molecule has 16 heavy (non-hydrogen) atoms. The summed E-state index contributed by atoms with van der Waals surface area (Å²) in [6, 6.07) is 4.03. The number of carboxylic acids is 1. The summed E-state index contributed by atoms with van der Waals surface area (Å²) in [7, 11) is -3.16. The van der Waals surface area contributed by atoms with Gasteiger partial charge in [0.25, 0.3) is 0 Å². The number of rotatable bonds is 4. The normalized spacial score (nSPS) is 11.4. The molecule has 4 nitrogen and oxygen atoms in total. The first-order valence-electron chi connectivity index (χ1n) is 4.58. The minimum atomic E-state index is -3.16. The van der Waals surface area contributed by atoms with Gasteiger partial charge in [-0.05, 0) is 17.7 Å². The molecule has 0 unspecified atom stereocenters. The Balaban J connectivity index is 3.05. The van der Waals surface area contributed by atoms with E-state index in [1.54, 1.807) is 6.92 Å². The minimum absolute atomic E-state index is 0.0318. The summed E-state index contributed by atoms with van der Waals surface area (Å²) < 4.78 is 22.7. The van der Waals surface area contributed by atoms with Crippen LogP contribution in [0.15, 0.2) is 18.2 Å². The molecular formula is C10H11ClO4S. The number of sulfone groups is 1. The fourth-order valence-corrected chi connectivity index (χ4v) is 2.39. The van der Waals surface area contributed by atoms with Gasteiger partial charge in [-0.3, -0.25) is 0 Å². The number of hydrogen-bond donors (Lipinski definition) is 1. The lowest BCUT2D eigenvalue weighted by molar-refractivity contribution is 0.0697. The molecule has 1 N–H and O–H groups in total. The van der Waals surface area contributed by atoms with E-state index in [1.165, 1.54) is 18.2 Å². The van der Waals surface area contributed by atoms with Crippen LogP contribution in [0.5, 0.6) is 0 Å². The lowest BCUT2D eigenvalue weighted by Crippen LogP contribution is -2.07. The molecule has 0 aromatic heterocycles. The molecule has 0 spiro atoms. The smallest absolute Gasteiger partial charge is 0.335 e. The van der Waals surface area contributed by atoms with E-state index in [2.05, 4.69) is 0 Å². The van der Waals surface area contributed by atoms with Gasteiger partial charge in [0.15, 0.2) is 9.84 Å². The zero-order chi connectivity index (χ0) is 12.3. The van der Waals surface area contributed by atoms with Gasteiger partial charge in [0.05, 0.1) is 11.3 Å². The molecule has 0 aliphatic rings. The van der Waals surface area contributed by atoms with Crippen molar-refractivity contribution < 1.29 is 18.3 Å². The van der Waals surface area contributed by atoms with Crippen molar-refractivity contribution in [2.75, 3.05) is 5.75 Å². The van der Waals surface area contributed by atoms with E-state index in [-0.39, 0.29) is 22.1 Å². The predicted molar refractivity (Wildman–Crippen MR) is 61.6 cm³/mol. The van der Waals surface area contributed by atoms with Crippen LogP contribution >= 0.6 is 11.6 Å².